The van der Waals surface area contributed by atoms with E-state index in [0.717, 1.165) is 18.9 Å². The molecule has 0 radical (unpaired) electrons. The third kappa shape index (κ3) is 1.60. The first kappa shape index (κ1) is 9.81. The third-order valence-electron chi connectivity index (χ3n) is 2.98. The smallest absolute Gasteiger partial charge is 0.123 e. The van der Waals surface area contributed by atoms with Crippen LogP contribution in [-0.2, 0) is 6.54 Å². The Balaban J connectivity index is 0.000000750. The highest BCUT2D eigenvalue weighted by molar-refractivity contribution is 5.85. The summed E-state index contributed by atoms with van der Waals surface area (Å²) in [5.74, 6) is 1.05. The highest BCUT2D eigenvalue weighted by Gasteiger charge is 2.44. The van der Waals surface area contributed by atoms with E-state index in [0.29, 0.717) is 5.54 Å². The molecule has 0 atom stereocenters. The van der Waals surface area contributed by atoms with Gasteiger partial charge in [0.25, 0.3) is 0 Å². The van der Waals surface area contributed by atoms with E-state index >= 15 is 0 Å². The molecule has 1 fully saturated rings. The number of fused-ring (bicyclic) bond motifs is 1. The molecule has 0 saturated heterocycles. The van der Waals surface area contributed by atoms with Crippen LogP contribution in [0.25, 0.3) is 0 Å². The van der Waals surface area contributed by atoms with E-state index in [1.165, 1.54) is 18.4 Å². The minimum atomic E-state index is 0. The van der Waals surface area contributed by atoms with Crippen LogP contribution in [0.1, 0.15) is 18.4 Å². The van der Waals surface area contributed by atoms with Gasteiger partial charge < -0.3 is 10.1 Å². The fourth-order valence-corrected chi connectivity index (χ4v) is 1.81. The van der Waals surface area contributed by atoms with E-state index in [1.807, 2.05) is 6.07 Å². The van der Waals surface area contributed by atoms with E-state index < -0.39 is 0 Å². The molecular formula is C11H14ClNO. The molecule has 1 N–H and O–H groups in total. The highest BCUT2D eigenvalue weighted by Crippen LogP contribution is 2.38. The van der Waals surface area contributed by atoms with Gasteiger partial charge in [0.15, 0.2) is 0 Å². The van der Waals surface area contributed by atoms with Crippen molar-refractivity contribution in [2.24, 2.45) is 0 Å². The molecule has 0 aromatic heterocycles. The summed E-state index contributed by atoms with van der Waals surface area (Å²) in [6, 6.07) is 8.28. The second-order valence-corrected chi connectivity index (χ2v) is 4.03. The Morgan fingerprint density at radius 2 is 2.00 bits per heavy atom. The molecule has 0 amide bonds. The molecule has 0 unspecified atom stereocenters. The van der Waals surface area contributed by atoms with Gasteiger partial charge in [0.2, 0.25) is 0 Å². The van der Waals surface area contributed by atoms with Crippen molar-refractivity contribution in [1.29, 1.82) is 0 Å². The summed E-state index contributed by atoms with van der Waals surface area (Å²) < 4.78 is 5.76. The lowest BCUT2D eigenvalue weighted by Crippen LogP contribution is -2.34. The number of ether oxygens (including phenoxy) is 1. The van der Waals surface area contributed by atoms with E-state index in [1.54, 1.807) is 0 Å². The second-order valence-electron chi connectivity index (χ2n) is 4.03. The van der Waals surface area contributed by atoms with Crippen LogP contribution in [-0.4, -0.2) is 12.1 Å². The summed E-state index contributed by atoms with van der Waals surface area (Å²) in [5.41, 5.74) is 1.60. The van der Waals surface area contributed by atoms with E-state index in [4.69, 9.17) is 4.74 Å². The Bertz CT molecular complexity index is 307. The fourth-order valence-electron chi connectivity index (χ4n) is 1.81. The van der Waals surface area contributed by atoms with Crippen LogP contribution in [0.2, 0.25) is 0 Å². The summed E-state index contributed by atoms with van der Waals surface area (Å²) >= 11 is 0. The zero-order valence-electron chi connectivity index (χ0n) is 7.95. The van der Waals surface area contributed by atoms with Gasteiger partial charge >= 0.3 is 0 Å². The van der Waals surface area contributed by atoms with Crippen molar-refractivity contribution in [3.8, 4) is 5.75 Å². The molecular weight excluding hydrogens is 198 g/mol. The Hall–Kier alpha value is -0.730. The SMILES string of the molecule is Cl.c1ccc2c(c1)CNC1(CC1)CO2. The third-order valence-corrected chi connectivity index (χ3v) is 2.98. The fraction of sp³-hybridized carbons (Fsp3) is 0.455. The maximum Gasteiger partial charge on any atom is 0.123 e. The lowest BCUT2D eigenvalue weighted by atomic mass is 10.2. The first-order valence-electron chi connectivity index (χ1n) is 4.84. The molecule has 0 bridgehead atoms. The van der Waals surface area contributed by atoms with Crippen molar-refractivity contribution in [2.75, 3.05) is 6.61 Å². The van der Waals surface area contributed by atoms with Gasteiger partial charge in [-0.1, -0.05) is 18.2 Å². The van der Waals surface area contributed by atoms with Gasteiger partial charge in [-0.15, -0.1) is 12.4 Å². The van der Waals surface area contributed by atoms with Gasteiger partial charge in [-0.25, -0.2) is 0 Å². The molecule has 1 spiro atoms. The number of hydrogen-bond donors (Lipinski definition) is 1. The Morgan fingerprint density at radius 1 is 1.21 bits per heavy atom. The highest BCUT2D eigenvalue weighted by atomic mass is 35.5. The first-order valence-corrected chi connectivity index (χ1v) is 4.84. The summed E-state index contributed by atoms with van der Waals surface area (Å²) in [6.45, 7) is 1.79. The summed E-state index contributed by atoms with van der Waals surface area (Å²) in [6.07, 6.45) is 2.53. The van der Waals surface area contributed by atoms with Crippen LogP contribution < -0.4 is 10.1 Å². The van der Waals surface area contributed by atoms with Crippen LogP contribution in [0.3, 0.4) is 0 Å². The molecule has 3 heteroatoms. The van der Waals surface area contributed by atoms with Crippen LogP contribution in [0.4, 0.5) is 0 Å². The molecule has 2 nitrogen and oxygen atoms in total. The van der Waals surface area contributed by atoms with Gasteiger partial charge in [-0.3, -0.25) is 0 Å². The second kappa shape index (κ2) is 3.44. The average Bonchev–Trinajstić information content (AvgIpc) is 2.96. The maximum absolute atomic E-state index is 5.76. The minimum Gasteiger partial charge on any atom is -0.491 e. The minimum absolute atomic E-state index is 0. The van der Waals surface area contributed by atoms with Gasteiger partial charge in [-0.2, -0.15) is 0 Å². The summed E-state index contributed by atoms with van der Waals surface area (Å²) in [7, 11) is 0. The summed E-state index contributed by atoms with van der Waals surface area (Å²) in [4.78, 5) is 0. The van der Waals surface area contributed by atoms with Crippen LogP contribution >= 0.6 is 12.4 Å². The van der Waals surface area contributed by atoms with Crippen molar-refractivity contribution in [2.45, 2.75) is 24.9 Å². The van der Waals surface area contributed by atoms with Crippen molar-refractivity contribution in [1.82, 2.24) is 5.32 Å². The van der Waals surface area contributed by atoms with Gasteiger partial charge in [0.05, 0.1) is 5.54 Å². The predicted molar refractivity (Wildman–Crippen MR) is 58.0 cm³/mol. The molecule has 1 heterocycles. The van der Waals surface area contributed by atoms with Crippen molar-refractivity contribution < 1.29 is 4.74 Å². The van der Waals surface area contributed by atoms with Gasteiger partial charge in [0.1, 0.15) is 12.4 Å². The molecule has 1 aromatic carbocycles. The standard InChI is InChI=1S/C11H13NO.ClH/c1-2-4-10-9(3-1)7-12-11(5-6-11)8-13-10;/h1-4,12H,5-8H2;1H. The van der Waals surface area contributed by atoms with Crippen LogP contribution in [0.15, 0.2) is 24.3 Å². The lowest BCUT2D eigenvalue weighted by Gasteiger charge is -2.11. The number of benzene rings is 1. The van der Waals surface area contributed by atoms with E-state index in [-0.39, 0.29) is 12.4 Å². The Kier molecular flexibility index (Phi) is 2.41. The molecule has 1 saturated carbocycles. The Morgan fingerprint density at radius 3 is 2.79 bits per heavy atom. The zero-order valence-corrected chi connectivity index (χ0v) is 8.77. The van der Waals surface area contributed by atoms with E-state index in [2.05, 4.69) is 23.5 Å². The van der Waals surface area contributed by atoms with Crippen LogP contribution in [0, 0.1) is 0 Å². The maximum atomic E-state index is 5.76. The lowest BCUT2D eigenvalue weighted by molar-refractivity contribution is 0.266. The van der Waals surface area contributed by atoms with Crippen molar-refractivity contribution in [3.05, 3.63) is 29.8 Å². The van der Waals surface area contributed by atoms with Crippen LogP contribution in [0.5, 0.6) is 5.75 Å². The Labute approximate surface area is 90.1 Å². The molecule has 14 heavy (non-hydrogen) atoms. The monoisotopic (exact) mass is 211 g/mol. The molecule has 1 aliphatic carbocycles. The number of halogens is 1. The zero-order chi connectivity index (χ0) is 8.73. The normalized spacial score (nSPS) is 21.4. The van der Waals surface area contributed by atoms with E-state index in [9.17, 15) is 0 Å². The molecule has 3 rings (SSSR count). The quantitative estimate of drug-likeness (QED) is 0.710. The topological polar surface area (TPSA) is 21.3 Å². The molecule has 76 valence electrons. The molecule has 1 aromatic rings. The van der Waals surface area contributed by atoms with Crippen molar-refractivity contribution >= 4 is 12.4 Å². The predicted octanol–water partition coefficient (Wildman–Crippen LogP) is 2.12. The average molecular weight is 212 g/mol. The number of rotatable bonds is 0. The number of nitrogens with one attached hydrogen (secondary N) is 1. The van der Waals surface area contributed by atoms with Gasteiger partial charge in [0, 0.05) is 12.1 Å². The molecule has 1 aliphatic heterocycles. The van der Waals surface area contributed by atoms with Crippen molar-refractivity contribution in [3.63, 3.8) is 0 Å². The largest absolute Gasteiger partial charge is 0.491 e. The van der Waals surface area contributed by atoms with Gasteiger partial charge in [-0.05, 0) is 18.9 Å². The first-order chi connectivity index (χ1) is 6.38. The number of para-hydroxylation sites is 1. The summed E-state index contributed by atoms with van der Waals surface area (Å²) in [5, 5.41) is 3.56. The molecule has 2 aliphatic rings. The number of hydrogen-bond acceptors (Lipinski definition) is 2.